The fourth-order valence-corrected chi connectivity index (χ4v) is 2.79. The van der Waals surface area contributed by atoms with E-state index in [-0.39, 0.29) is 6.61 Å². The van der Waals surface area contributed by atoms with Crippen molar-refractivity contribution in [2.45, 2.75) is 19.7 Å². The van der Waals surface area contributed by atoms with Gasteiger partial charge < -0.3 is 10.1 Å². The van der Waals surface area contributed by atoms with Crippen LogP contribution >= 0.6 is 23.2 Å². The van der Waals surface area contributed by atoms with Gasteiger partial charge in [0.25, 0.3) is 0 Å². The van der Waals surface area contributed by atoms with Gasteiger partial charge in [-0.05, 0) is 40.8 Å². The Bertz CT molecular complexity index is 947. The molecular formula is C18H16Cl2FN5O. The molecule has 3 aromatic rings. The third kappa shape index (κ3) is 4.96. The van der Waals surface area contributed by atoms with Gasteiger partial charge >= 0.3 is 0 Å². The molecule has 140 valence electrons. The fourth-order valence-electron chi connectivity index (χ4n) is 2.37. The number of hydrogen-bond acceptors (Lipinski definition) is 5. The molecule has 0 amide bonds. The average Bonchev–Trinajstić information content (AvgIpc) is 3.08. The van der Waals surface area contributed by atoms with Gasteiger partial charge in [-0.3, -0.25) is 0 Å². The molecule has 0 saturated heterocycles. The zero-order valence-electron chi connectivity index (χ0n) is 14.2. The van der Waals surface area contributed by atoms with Crippen LogP contribution in [0.4, 0.5) is 10.3 Å². The molecule has 0 unspecified atom stereocenters. The molecule has 9 heteroatoms. The number of nitrogens with zero attached hydrogens (tertiary/aromatic N) is 4. The predicted molar refractivity (Wildman–Crippen MR) is 103 cm³/mol. The fraction of sp³-hybridized carbons (Fsp3) is 0.167. The smallest absolute Gasteiger partial charge is 0.243 e. The van der Waals surface area contributed by atoms with Crippen molar-refractivity contribution in [1.82, 2.24) is 20.2 Å². The number of hydrogen-bond donors (Lipinski definition) is 1. The van der Waals surface area contributed by atoms with E-state index in [1.165, 1.54) is 12.1 Å². The molecular weight excluding hydrogens is 392 g/mol. The van der Waals surface area contributed by atoms with Crippen molar-refractivity contribution in [1.29, 1.82) is 0 Å². The quantitative estimate of drug-likeness (QED) is 0.557. The van der Waals surface area contributed by atoms with Crippen LogP contribution < -0.4 is 10.1 Å². The summed E-state index contributed by atoms with van der Waals surface area (Å²) < 4.78 is 20.6. The first-order valence-corrected chi connectivity index (χ1v) is 8.78. The van der Waals surface area contributed by atoms with E-state index in [1.54, 1.807) is 35.0 Å². The van der Waals surface area contributed by atoms with Crippen LogP contribution in [0.15, 0.2) is 49.1 Å². The average molecular weight is 408 g/mol. The lowest BCUT2D eigenvalue weighted by Gasteiger charge is -2.14. The van der Waals surface area contributed by atoms with E-state index in [1.807, 2.05) is 0 Å². The number of ether oxygens (including phenoxy) is 1. The van der Waals surface area contributed by atoms with Crippen molar-refractivity contribution in [3.8, 4) is 5.75 Å². The summed E-state index contributed by atoms with van der Waals surface area (Å²) in [6.07, 6.45) is 1.70. The van der Waals surface area contributed by atoms with E-state index in [4.69, 9.17) is 27.9 Å². The van der Waals surface area contributed by atoms with E-state index in [9.17, 15) is 4.39 Å². The molecule has 0 fully saturated rings. The Morgan fingerprint density at radius 3 is 2.81 bits per heavy atom. The lowest BCUT2D eigenvalue weighted by atomic mass is 10.2. The maximum absolute atomic E-state index is 13.2. The Morgan fingerprint density at radius 1 is 1.19 bits per heavy atom. The topological polar surface area (TPSA) is 64.9 Å². The highest BCUT2D eigenvalue weighted by Crippen LogP contribution is 2.26. The summed E-state index contributed by atoms with van der Waals surface area (Å²) in [4.78, 5) is 0. The molecule has 2 aromatic carbocycles. The second kappa shape index (κ2) is 8.83. The Balaban J connectivity index is 1.72. The Morgan fingerprint density at radius 2 is 2.04 bits per heavy atom. The molecule has 1 aromatic heterocycles. The van der Waals surface area contributed by atoms with Crippen LogP contribution in [0.5, 0.6) is 5.75 Å². The van der Waals surface area contributed by atoms with Crippen LogP contribution in [-0.4, -0.2) is 20.2 Å². The van der Waals surface area contributed by atoms with E-state index in [2.05, 4.69) is 27.4 Å². The summed E-state index contributed by atoms with van der Waals surface area (Å²) in [5, 5.41) is 15.5. The number of rotatable bonds is 8. The molecule has 0 saturated carbocycles. The van der Waals surface area contributed by atoms with Gasteiger partial charge in [0.15, 0.2) is 0 Å². The zero-order chi connectivity index (χ0) is 19.2. The van der Waals surface area contributed by atoms with E-state index < -0.39 is 5.82 Å². The van der Waals surface area contributed by atoms with Crippen LogP contribution in [0, 0.1) is 5.82 Å². The van der Waals surface area contributed by atoms with E-state index in [0.29, 0.717) is 40.4 Å². The molecule has 0 aliphatic heterocycles. The summed E-state index contributed by atoms with van der Waals surface area (Å²) in [7, 11) is 0. The second-order valence-electron chi connectivity index (χ2n) is 5.60. The number of aromatic nitrogens is 4. The van der Waals surface area contributed by atoms with Gasteiger partial charge in [0.1, 0.15) is 18.2 Å². The lowest BCUT2D eigenvalue weighted by Crippen LogP contribution is -2.09. The molecule has 0 bridgehead atoms. The highest BCUT2D eigenvalue weighted by Gasteiger charge is 2.10. The van der Waals surface area contributed by atoms with Gasteiger partial charge in [-0.1, -0.05) is 40.4 Å². The first-order valence-electron chi connectivity index (χ1n) is 8.03. The van der Waals surface area contributed by atoms with Crippen molar-refractivity contribution >= 4 is 29.2 Å². The van der Waals surface area contributed by atoms with Crippen molar-refractivity contribution in [2.24, 2.45) is 0 Å². The second-order valence-corrected chi connectivity index (χ2v) is 6.45. The largest absolute Gasteiger partial charge is 0.488 e. The SMILES string of the molecule is C=CCn1nnnc1NCc1cc(Cl)ccc1OCc1ccc(F)cc1Cl. The van der Waals surface area contributed by atoms with Gasteiger partial charge in [-0.15, -0.1) is 6.58 Å². The molecule has 1 heterocycles. The van der Waals surface area contributed by atoms with Crippen molar-refractivity contribution in [2.75, 3.05) is 5.32 Å². The first kappa shape index (κ1) is 19.1. The van der Waals surface area contributed by atoms with Crippen LogP contribution in [0.2, 0.25) is 10.0 Å². The van der Waals surface area contributed by atoms with Crippen molar-refractivity contribution < 1.29 is 9.13 Å². The molecule has 1 N–H and O–H groups in total. The molecule has 0 atom stereocenters. The first-order chi connectivity index (χ1) is 13.1. The molecule has 0 aliphatic carbocycles. The predicted octanol–water partition coefficient (Wildman–Crippen LogP) is 4.50. The molecule has 0 aliphatic rings. The minimum Gasteiger partial charge on any atom is -0.488 e. The molecule has 27 heavy (non-hydrogen) atoms. The van der Waals surface area contributed by atoms with E-state index in [0.717, 1.165) is 5.56 Å². The lowest BCUT2D eigenvalue weighted by molar-refractivity contribution is 0.303. The maximum Gasteiger partial charge on any atom is 0.243 e. The van der Waals surface area contributed by atoms with Gasteiger partial charge in [-0.25, -0.2) is 9.07 Å². The molecule has 6 nitrogen and oxygen atoms in total. The number of tetrazole rings is 1. The number of halogens is 3. The molecule has 0 radical (unpaired) electrons. The van der Waals surface area contributed by atoms with Gasteiger partial charge in [0.05, 0.1) is 11.6 Å². The Hall–Kier alpha value is -2.64. The van der Waals surface area contributed by atoms with Crippen molar-refractivity contribution in [3.05, 3.63) is 76.0 Å². The highest BCUT2D eigenvalue weighted by molar-refractivity contribution is 6.31. The standard InChI is InChI=1S/C18H16Cl2FN5O/c1-2-7-26-18(23-24-25-26)22-10-13-8-14(19)4-6-17(13)27-11-12-3-5-15(21)9-16(12)20/h2-6,8-9H,1,7,10-11H2,(H,22,23,25). The summed E-state index contributed by atoms with van der Waals surface area (Å²) >= 11 is 12.2. The van der Waals surface area contributed by atoms with Crippen LogP contribution in [-0.2, 0) is 19.7 Å². The number of allylic oxidation sites excluding steroid dienone is 1. The van der Waals surface area contributed by atoms with Crippen LogP contribution in [0.25, 0.3) is 0 Å². The summed E-state index contributed by atoms with van der Waals surface area (Å²) in [5.74, 6) is 0.731. The molecule has 3 rings (SSSR count). The highest BCUT2D eigenvalue weighted by atomic mass is 35.5. The minimum absolute atomic E-state index is 0.196. The summed E-state index contributed by atoms with van der Waals surface area (Å²) in [6.45, 7) is 4.74. The minimum atomic E-state index is -0.391. The monoisotopic (exact) mass is 407 g/mol. The Kier molecular flexibility index (Phi) is 6.26. The maximum atomic E-state index is 13.2. The van der Waals surface area contributed by atoms with Gasteiger partial charge in [-0.2, -0.15) is 0 Å². The Labute approximate surface area is 165 Å². The van der Waals surface area contributed by atoms with Crippen molar-refractivity contribution in [3.63, 3.8) is 0 Å². The van der Waals surface area contributed by atoms with E-state index >= 15 is 0 Å². The third-order valence-corrected chi connectivity index (χ3v) is 4.28. The number of nitrogens with one attached hydrogen (secondary N) is 1. The zero-order valence-corrected chi connectivity index (χ0v) is 15.7. The van der Waals surface area contributed by atoms with Gasteiger partial charge in [0, 0.05) is 22.7 Å². The number of benzene rings is 2. The summed E-state index contributed by atoms with van der Waals surface area (Å²) in [5.41, 5.74) is 1.50. The molecule has 0 spiro atoms. The normalized spacial score (nSPS) is 10.6. The third-order valence-electron chi connectivity index (χ3n) is 3.69. The van der Waals surface area contributed by atoms with Crippen LogP contribution in [0.3, 0.4) is 0 Å². The van der Waals surface area contributed by atoms with Crippen LogP contribution in [0.1, 0.15) is 11.1 Å². The van der Waals surface area contributed by atoms with Gasteiger partial charge in [0.2, 0.25) is 5.95 Å². The summed E-state index contributed by atoms with van der Waals surface area (Å²) in [6, 6.07) is 9.48. The number of anilines is 1.